The Morgan fingerprint density at radius 2 is 1.62 bits per heavy atom. The van der Waals surface area contributed by atoms with Gasteiger partial charge < -0.3 is 5.32 Å². The molecule has 0 bridgehead atoms. The average Bonchev–Trinajstić information content (AvgIpc) is 2.54. The standard InChI is InChI=1S/C19H23NO3S/c1-4-14(2)16-9-11-18(12-10-16)20-19(21)17-7-5-15(6-8-17)13-24(3,22)23/h5-12,14H,4,13H2,1-3H3,(H,20,21). The van der Waals surface area contributed by atoms with Gasteiger partial charge in [0.05, 0.1) is 5.75 Å². The molecule has 2 aromatic rings. The monoisotopic (exact) mass is 345 g/mol. The Bertz CT molecular complexity index is 794. The van der Waals surface area contributed by atoms with E-state index in [9.17, 15) is 13.2 Å². The van der Waals surface area contributed by atoms with Gasteiger partial charge in [-0.3, -0.25) is 4.79 Å². The van der Waals surface area contributed by atoms with Gasteiger partial charge in [-0.15, -0.1) is 0 Å². The minimum atomic E-state index is -3.07. The smallest absolute Gasteiger partial charge is 0.255 e. The molecule has 0 aliphatic carbocycles. The van der Waals surface area contributed by atoms with Crippen LogP contribution in [0.25, 0.3) is 0 Å². The highest BCUT2D eigenvalue weighted by molar-refractivity contribution is 7.89. The largest absolute Gasteiger partial charge is 0.322 e. The first-order chi connectivity index (χ1) is 11.3. The second-order valence-electron chi connectivity index (χ2n) is 6.15. The first-order valence-electron chi connectivity index (χ1n) is 7.96. The van der Waals surface area contributed by atoms with Gasteiger partial charge in [0.1, 0.15) is 0 Å². The molecule has 1 N–H and O–H groups in total. The lowest BCUT2D eigenvalue weighted by atomic mass is 9.98. The second kappa shape index (κ2) is 7.62. The van der Waals surface area contributed by atoms with Crippen molar-refractivity contribution in [3.05, 3.63) is 65.2 Å². The summed E-state index contributed by atoms with van der Waals surface area (Å²) in [5.74, 6) is 0.265. The normalized spacial score (nSPS) is 12.6. The number of carbonyl (C=O) groups excluding carboxylic acids is 1. The molecule has 0 spiro atoms. The minimum Gasteiger partial charge on any atom is -0.322 e. The van der Waals surface area contributed by atoms with Crippen LogP contribution < -0.4 is 5.32 Å². The van der Waals surface area contributed by atoms with Crippen molar-refractivity contribution in [2.75, 3.05) is 11.6 Å². The zero-order chi connectivity index (χ0) is 17.7. The number of amides is 1. The number of anilines is 1. The third-order valence-electron chi connectivity index (χ3n) is 3.99. The fraction of sp³-hybridized carbons (Fsp3) is 0.316. The van der Waals surface area contributed by atoms with Gasteiger partial charge in [0.2, 0.25) is 0 Å². The molecule has 0 saturated heterocycles. The van der Waals surface area contributed by atoms with Crippen LogP contribution in [0.5, 0.6) is 0 Å². The minimum absolute atomic E-state index is 0.0219. The van der Waals surface area contributed by atoms with Crippen LogP contribution in [0.1, 0.15) is 47.7 Å². The Morgan fingerprint density at radius 1 is 1.04 bits per heavy atom. The van der Waals surface area contributed by atoms with Crippen molar-refractivity contribution in [1.29, 1.82) is 0 Å². The van der Waals surface area contributed by atoms with Crippen LogP contribution in [0.15, 0.2) is 48.5 Å². The number of sulfone groups is 1. The summed E-state index contributed by atoms with van der Waals surface area (Å²) in [6.07, 6.45) is 2.27. The van der Waals surface area contributed by atoms with Gasteiger partial charge >= 0.3 is 0 Å². The zero-order valence-electron chi connectivity index (χ0n) is 14.2. The lowest BCUT2D eigenvalue weighted by Crippen LogP contribution is -2.12. The highest BCUT2D eigenvalue weighted by Crippen LogP contribution is 2.21. The lowest BCUT2D eigenvalue weighted by Gasteiger charge is -2.10. The number of carbonyl (C=O) groups is 1. The summed E-state index contributed by atoms with van der Waals surface area (Å²) >= 11 is 0. The van der Waals surface area contributed by atoms with E-state index in [2.05, 4.69) is 19.2 Å². The third-order valence-corrected chi connectivity index (χ3v) is 4.85. The topological polar surface area (TPSA) is 63.2 Å². The molecule has 1 amide bonds. The van der Waals surface area contributed by atoms with Gasteiger partial charge in [-0.1, -0.05) is 38.1 Å². The van der Waals surface area contributed by atoms with Crippen molar-refractivity contribution in [3.63, 3.8) is 0 Å². The van der Waals surface area contributed by atoms with Gasteiger partial charge in [0, 0.05) is 17.5 Å². The number of hydrogen-bond donors (Lipinski definition) is 1. The third kappa shape index (κ3) is 5.20. The van der Waals surface area contributed by atoms with E-state index in [4.69, 9.17) is 0 Å². The summed E-state index contributed by atoms with van der Waals surface area (Å²) in [6.45, 7) is 4.32. The summed E-state index contributed by atoms with van der Waals surface area (Å²) < 4.78 is 22.6. The molecule has 0 aliphatic heterocycles. The van der Waals surface area contributed by atoms with Crippen molar-refractivity contribution in [2.24, 2.45) is 0 Å². The highest BCUT2D eigenvalue weighted by Gasteiger charge is 2.09. The Labute approximate surface area is 143 Å². The Morgan fingerprint density at radius 3 is 2.12 bits per heavy atom. The maximum atomic E-state index is 12.3. The van der Waals surface area contributed by atoms with Gasteiger partial charge in [-0.05, 0) is 47.7 Å². The number of hydrogen-bond acceptors (Lipinski definition) is 3. The van der Waals surface area contributed by atoms with E-state index in [0.717, 1.165) is 12.1 Å². The van der Waals surface area contributed by atoms with Crippen LogP contribution in [0, 0.1) is 0 Å². The quantitative estimate of drug-likeness (QED) is 0.861. The zero-order valence-corrected chi connectivity index (χ0v) is 15.1. The molecule has 24 heavy (non-hydrogen) atoms. The van der Waals surface area contributed by atoms with Crippen molar-refractivity contribution in [1.82, 2.24) is 0 Å². The van der Waals surface area contributed by atoms with Crippen molar-refractivity contribution >= 4 is 21.4 Å². The predicted octanol–water partition coefficient (Wildman–Crippen LogP) is 4.00. The summed E-state index contributed by atoms with van der Waals surface area (Å²) in [6, 6.07) is 14.5. The maximum absolute atomic E-state index is 12.3. The van der Waals surface area contributed by atoms with E-state index < -0.39 is 9.84 Å². The Hall–Kier alpha value is -2.14. The molecule has 5 heteroatoms. The van der Waals surface area contributed by atoms with Gasteiger partial charge in [-0.2, -0.15) is 0 Å². The maximum Gasteiger partial charge on any atom is 0.255 e. The highest BCUT2D eigenvalue weighted by atomic mass is 32.2. The van der Waals surface area contributed by atoms with E-state index in [1.54, 1.807) is 24.3 Å². The molecule has 128 valence electrons. The molecule has 0 aromatic heterocycles. The SMILES string of the molecule is CCC(C)c1ccc(NC(=O)c2ccc(CS(C)(=O)=O)cc2)cc1. The molecule has 4 nitrogen and oxygen atoms in total. The molecule has 0 heterocycles. The van der Waals surface area contributed by atoms with Crippen molar-refractivity contribution < 1.29 is 13.2 Å². The Balaban J connectivity index is 2.04. The molecule has 0 aliphatic rings. The molecule has 0 saturated carbocycles. The van der Waals surface area contributed by atoms with Crippen LogP contribution in [0.4, 0.5) is 5.69 Å². The first kappa shape index (κ1) is 18.2. The van der Waals surface area contributed by atoms with Crippen LogP contribution in [0.3, 0.4) is 0 Å². The predicted molar refractivity (Wildman–Crippen MR) is 98.1 cm³/mol. The number of benzene rings is 2. The van der Waals surface area contributed by atoms with Gasteiger partial charge in [0.25, 0.3) is 5.91 Å². The number of nitrogens with one attached hydrogen (secondary N) is 1. The fourth-order valence-corrected chi connectivity index (χ4v) is 3.19. The summed E-state index contributed by atoms with van der Waals surface area (Å²) in [5, 5.41) is 2.85. The summed E-state index contributed by atoms with van der Waals surface area (Å²) in [4.78, 5) is 12.3. The van der Waals surface area contributed by atoms with Gasteiger partial charge in [-0.25, -0.2) is 8.42 Å². The van der Waals surface area contributed by atoms with Crippen LogP contribution in [-0.4, -0.2) is 20.6 Å². The molecule has 0 fully saturated rings. The molecule has 1 atom stereocenters. The van der Waals surface area contributed by atoms with Crippen molar-refractivity contribution in [2.45, 2.75) is 31.9 Å². The lowest BCUT2D eigenvalue weighted by molar-refractivity contribution is 0.102. The van der Waals surface area contributed by atoms with E-state index in [0.29, 0.717) is 17.0 Å². The molecule has 1 unspecified atom stereocenters. The summed E-state index contributed by atoms with van der Waals surface area (Å²) in [7, 11) is -3.07. The van der Waals surface area contributed by atoms with Gasteiger partial charge in [0.15, 0.2) is 9.84 Å². The van der Waals surface area contributed by atoms with Crippen LogP contribution in [0.2, 0.25) is 0 Å². The van der Waals surface area contributed by atoms with Crippen LogP contribution >= 0.6 is 0 Å². The van der Waals surface area contributed by atoms with E-state index in [1.165, 1.54) is 11.8 Å². The van der Waals surface area contributed by atoms with E-state index in [1.807, 2.05) is 24.3 Å². The van der Waals surface area contributed by atoms with Crippen molar-refractivity contribution in [3.8, 4) is 0 Å². The van der Waals surface area contributed by atoms with Crippen LogP contribution in [-0.2, 0) is 15.6 Å². The first-order valence-corrected chi connectivity index (χ1v) is 10.0. The second-order valence-corrected chi connectivity index (χ2v) is 8.29. The molecule has 2 aromatic carbocycles. The average molecular weight is 345 g/mol. The molecular weight excluding hydrogens is 322 g/mol. The number of rotatable bonds is 6. The molecule has 2 rings (SSSR count). The van der Waals surface area contributed by atoms with E-state index in [-0.39, 0.29) is 11.7 Å². The molecular formula is C19H23NO3S. The van der Waals surface area contributed by atoms with E-state index >= 15 is 0 Å². The Kier molecular flexibility index (Phi) is 5.78. The summed E-state index contributed by atoms with van der Waals surface area (Å²) in [5.41, 5.74) is 3.16. The molecule has 0 radical (unpaired) electrons. The fourth-order valence-electron chi connectivity index (χ4n) is 2.39.